The molecule has 0 aliphatic carbocycles. The van der Waals surface area contributed by atoms with E-state index < -0.39 is 0 Å². The van der Waals surface area contributed by atoms with Crippen LogP contribution in [0.5, 0.6) is 5.75 Å². The van der Waals surface area contributed by atoms with Crippen molar-refractivity contribution in [3.63, 3.8) is 0 Å². The van der Waals surface area contributed by atoms with Gasteiger partial charge in [-0.3, -0.25) is 0 Å². The number of hydrogen-bond acceptors (Lipinski definition) is 2. The molecule has 0 bridgehead atoms. The summed E-state index contributed by atoms with van der Waals surface area (Å²) in [6.07, 6.45) is 0. The van der Waals surface area contributed by atoms with Crippen molar-refractivity contribution in [2.45, 2.75) is 0 Å². The average Bonchev–Trinajstić information content (AvgIpc) is 2.01. The lowest BCUT2D eigenvalue weighted by atomic mass is 10.3. The molecule has 1 aromatic rings. The predicted octanol–water partition coefficient (Wildman–Crippen LogP) is 2.32. The molecule has 0 atom stereocenters. The Balaban J connectivity index is 2.56. The summed E-state index contributed by atoms with van der Waals surface area (Å²) in [6, 6.07) is 7.18. The third-order valence-corrected chi connectivity index (χ3v) is 1.37. The van der Waals surface area contributed by atoms with E-state index in [0.717, 1.165) is 5.75 Å². The van der Waals surface area contributed by atoms with Gasteiger partial charge in [0, 0.05) is 12.1 Å². The number of rotatable bonds is 3. The van der Waals surface area contributed by atoms with Crippen molar-refractivity contribution in [1.82, 2.24) is 0 Å². The quantitative estimate of drug-likeness (QED) is 0.652. The van der Waals surface area contributed by atoms with Crippen LogP contribution in [0.4, 0.5) is 0 Å². The van der Waals surface area contributed by atoms with Crippen LogP contribution in [0, 0.1) is 0 Å². The van der Waals surface area contributed by atoms with E-state index in [4.69, 9.17) is 21.1 Å². The zero-order valence-electron chi connectivity index (χ0n) is 6.21. The number of hydrogen-bond donors (Lipinski definition) is 0. The van der Waals surface area contributed by atoms with Crippen molar-refractivity contribution in [1.29, 1.82) is 0 Å². The SMILES string of the molecule is COCOc1cccc(Cl)c1. The van der Waals surface area contributed by atoms with Crippen LogP contribution in [0.1, 0.15) is 0 Å². The molecule has 2 nitrogen and oxygen atoms in total. The van der Waals surface area contributed by atoms with Crippen molar-refractivity contribution in [2.75, 3.05) is 13.9 Å². The normalized spacial score (nSPS) is 9.64. The molecular formula is C8H9ClO2. The summed E-state index contributed by atoms with van der Waals surface area (Å²) in [5.74, 6) is 0.722. The molecule has 0 unspecified atom stereocenters. The van der Waals surface area contributed by atoms with E-state index >= 15 is 0 Å². The molecule has 0 aliphatic rings. The highest BCUT2D eigenvalue weighted by atomic mass is 35.5. The molecule has 0 N–H and O–H groups in total. The lowest BCUT2D eigenvalue weighted by molar-refractivity contribution is 0.0511. The zero-order valence-corrected chi connectivity index (χ0v) is 6.97. The summed E-state index contributed by atoms with van der Waals surface area (Å²) in [4.78, 5) is 0. The maximum Gasteiger partial charge on any atom is 0.188 e. The van der Waals surface area contributed by atoms with E-state index in [2.05, 4.69) is 0 Å². The van der Waals surface area contributed by atoms with Gasteiger partial charge in [-0.2, -0.15) is 0 Å². The molecule has 0 amide bonds. The first kappa shape index (κ1) is 8.37. The Morgan fingerprint density at radius 3 is 2.91 bits per heavy atom. The van der Waals surface area contributed by atoms with E-state index in [9.17, 15) is 0 Å². The monoisotopic (exact) mass is 172 g/mol. The van der Waals surface area contributed by atoms with Gasteiger partial charge in [0.05, 0.1) is 0 Å². The second kappa shape index (κ2) is 4.21. The van der Waals surface area contributed by atoms with Crippen LogP contribution in [-0.4, -0.2) is 13.9 Å². The Morgan fingerprint density at radius 2 is 2.27 bits per heavy atom. The van der Waals surface area contributed by atoms with Crippen LogP contribution in [-0.2, 0) is 4.74 Å². The van der Waals surface area contributed by atoms with Gasteiger partial charge in [-0.15, -0.1) is 0 Å². The molecule has 0 heterocycles. The fraction of sp³-hybridized carbons (Fsp3) is 0.250. The molecule has 0 saturated carbocycles. The van der Waals surface area contributed by atoms with Gasteiger partial charge in [0.15, 0.2) is 6.79 Å². The van der Waals surface area contributed by atoms with Gasteiger partial charge >= 0.3 is 0 Å². The second-order valence-corrected chi connectivity index (χ2v) is 2.44. The predicted molar refractivity (Wildman–Crippen MR) is 44.0 cm³/mol. The van der Waals surface area contributed by atoms with E-state index in [0.29, 0.717) is 5.02 Å². The van der Waals surface area contributed by atoms with Crippen LogP contribution in [0.25, 0.3) is 0 Å². The Morgan fingerprint density at radius 1 is 1.45 bits per heavy atom. The average molecular weight is 173 g/mol. The van der Waals surface area contributed by atoms with E-state index in [1.807, 2.05) is 12.1 Å². The lowest BCUT2D eigenvalue weighted by Gasteiger charge is -2.03. The summed E-state index contributed by atoms with van der Waals surface area (Å²) in [7, 11) is 1.57. The number of benzene rings is 1. The Hall–Kier alpha value is -0.730. The minimum Gasteiger partial charge on any atom is -0.468 e. The van der Waals surface area contributed by atoms with Gasteiger partial charge in [-0.05, 0) is 18.2 Å². The standard InChI is InChI=1S/C8H9ClO2/c1-10-6-11-8-4-2-3-7(9)5-8/h2-5H,6H2,1H3. The summed E-state index contributed by atoms with van der Waals surface area (Å²) >= 11 is 5.70. The van der Waals surface area contributed by atoms with Crippen molar-refractivity contribution in [3.8, 4) is 5.75 Å². The van der Waals surface area contributed by atoms with E-state index in [1.165, 1.54) is 0 Å². The van der Waals surface area contributed by atoms with Crippen LogP contribution in [0.2, 0.25) is 5.02 Å². The van der Waals surface area contributed by atoms with E-state index in [-0.39, 0.29) is 6.79 Å². The Labute approximate surface area is 70.7 Å². The molecule has 3 heteroatoms. The Bertz CT molecular complexity index is 225. The fourth-order valence-corrected chi connectivity index (χ4v) is 0.864. The highest BCUT2D eigenvalue weighted by Crippen LogP contribution is 2.16. The second-order valence-electron chi connectivity index (χ2n) is 2.01. The molecule has 0 radical (unpaired) electrons. The highest BCUT2D eigenvalue weighted by molar-refractivity contribution is 6.30. The van der Waals surface area contributed by atoms with Crippen LogP contribution >= 0.6 is 11.6 Å². The summed E-state index contributed by atoms with van der Waals surface area (Å²) < 4.78 is 9.85. The third-order valence-electron chi connectivity index (χ3n) is 1.14. The van der Waals surface area contributed by atoms with Gasteiger partial charge in [0.1, 0.15) is 5.75 Å². The summed E-state index contributed by atoms with van der Waals surface area (Å²) in [6.45, 7) is 0.250. The molecule has 1 aromatic carbocycles. The van der Waals surface area contributed by atoms with Crippen LogP contribution in [0.3, 0.4) is 0 Å². The maximum atomic E-state index is 5.70. The molecule has 0 saturated heterocycles. The molecular weight excluding hydrogens is 164 g/mol. The smallest absolute Gasteiger partial charge is 0.188 e. The topological polar surface area (TPSA) is 18.5 Å². The molecule has 0 spiro atoms. The summed E-state index contributed by atoms with van der Waals surface area (Å²) in [5, 5.41) is 0.665. The van der Waals surface area contributed by atoms with Crippen molar-refractivity contribution in [2.24, 2.45) is 0 Å². The first-order valence-electron chi connectivity index (χ1n) is 3.20. The largest absolute Gasteiger partial charge is 0.468 e. The van der Waals surface area contributed by atoms with Gasteiger partial charge in [-0.25, -0.2) is 0 Å². The van der Waals surface area contributed by atoms with Crippen LogP contribution in [0.15, 0.2) is 24.3 Å². The fourth-order valence-electron chi connectivity index (χ4n) is 0.684. The lowest BCUT2D eigenvalue weighted by Crippen LogP contribution is -1.98. The molecule has 0 aromatic heterocycles. The van der Waals surface area contributed by atoms with Crippen LogP contribution < -0.4 is 4.74 Å². The van der Waals surface area contributed by atoms with Gasteiger partial charge in [0.25, 0.3) is 0 Å². The third kappa shape index (κ3) is 2.78. The van der Waals surface area contributed by atoms with Gasteiger partial charge < -0.3 is 9.47 Å². The van der Waals surface area contributed by atoms with Gasteiger partial charge in [0.2, 0.25) is 0 Å². The van der Waals surface area contributed by atoms with Crippen molar-refractivity contribution < 1.29 is 9.47 Å². The molecule has 0 fully saturated rings. The number of methoxy groups -OCH3 is 1. The van der Waals surface area contributed by atoms with Crippen molar-refractivity contribution >= 4 is 11.6 Å². The number of halogens is 1. The minimum atomic E-state index is 0.250. The number of ether oxygens (including phenoxy) is 2. The highest BCUT2D eigenvalue weighted by Gasteiger charge is 1.92. The molecule has 11 heavy (non-hydrogen) atoms. The first-order valence-corrected chi connectivity index (χ1v) is 3.58. The minimum absolute atomic E-state index is 0.250. The Kier molecular flexibility index (Phi) is 3.20. The zero-order chi connectivity index (χ0) is 8.10. The maximum absolute atomic E-state index is 5.70. The van der Waals surface area contributed by atoms with Crippen molar-refractivity contribution in [3.05, 3.63) is 29.3 Å². The molecule has 60 valence electrons. The summed E-state index contributed by atoms with van der Waals surface area (Å²) in [5.41, 5.74) is 0. The molecule has 1 rings (SSSR count). The van der Waals surface area contributed by atoms with Gasteiger partial charge in [-0.1, -0.05) is 17.7 Å². The molecule has 0 aliphatic heterocycles. The van der Waals surface area contributed by atoms with E-state index in [1.54, 1.807) is 19.2 Å². The first-order chi connectivity index (χ1) is 5.33.